The van der Waals surface area contributed by atoms with E-state index in [0.29, 0.717) is 6.04 Å². The number of esters is 1. The topological polar surface area (TPSA) is 38.3 Å². The van der Waals surface area contributed by atoms with Crippen molar-refractivity contribution in [2.24, 2.45) is 0 Å². The van der Waals surface area contributed by atoms with E-state index in [9.17, 15) is 4.79 Å². The molecule has 0 aromatic carbocycles. The van der Waals surface area contributed by atoms with Crippen molar-refractivity contribution in [3.8, 4) is 0 Å². The van der Waals surface area contributed by atoms with Crippen molar-refractivity contribution >= 4 is 17.7 Å². The number of hydrogen-bond acceptors (Lipinski definition) is 4. The number of ether oxygens (including phenoxy) is 1. The zero-order valence-corrected chi connectivity index (χ0v) is 9.95. The van der Waals surface area contributed by atoms with E-state index < -0.39 is 5.54 Å². The lowest BCUT2D eigenvalue weighted by molar-refractivity contribution is -0.147. The van der Waals surface area contributed by atoms with Crippen molar-refractivity contribution in [1.29, 1.82) is 0 Å². The molecule has 0 aliphatic carbocycles. The SMILES string of the molecule is CCC(C)NC1(C(=O)OC)CCSC1. The Kier molecular flexibility index (Phi) is 4.26. The van der Waals surface area contributed by atoms with Crippen LogP contribution < -0.4 is 5.32 Å². The minimum Gasteiger partial charge on any atom is -0.468 e. The first-order valence-corrected chi connectivity index (χ1v) is 6.24. The summed E-state index contributed by atoms with van der Waals surface area (Å²) in [6, 6.07) is 0.368. The van der Waals surface area contributed by atoms with Gasteiger partial charge in [-0.25, -0.2) is 0 Å². The predicted octanol–water partition coefficient (Wildman–Crippen LogP) is 1.42. The van der Waals surface area contributed by atoms with Crippen LogP contribution >= 0.6 is 11.8 Å². The monoisotopic (exact) mass is 217 g/mol. The maximum Gasteiger partial charge on any atom is 0.326 e. The third kappa shape index (κ3) is 2.42. The van der Waals surface area contributed by atoms with Gasteiger partial charge in [0, 0.05) is 11.8 Å². The van der Waals surface area contributed by atoms with Crippen molar-refractivity contribution in [1.82, 2.24) is 5.32 Å². The highest BCUT2D eigenvalue weighted by Gasteiger charge is 2.43. The zero-order valence-electron chi connectivity index (χ0n) is 9.13. The first-order chi connectivity index (χ1) is 6.64. The number of carbonyl (C=O) groups excluding carboxylic acids is 1. The summed E-state index contributed by atoms with van der Waals surface area (Å²) < 4.78 is 4.87. The van der Waals surface area contributed by atoms with Gasteiger partial charge in [-0.2, -0.15) is 11.8 Å². The molecule has 1 N–H and O–H groups in total. The molecule has 0 radical (unpaired) electrons. The van der Waals surface area contributed by atoms with E-state index in [1.54, 1.807) is 0 Å². The van der Waals surface area contributed by atoms with Crippen LogP contribution in [0.5, 0.6) is 0 Å². The van der Waals surface area contributed by atoms with Crippen LogP contribution in [0.15, 0.2) is 0 Å². The number of methoxy groups -OCH3 is 1. The van der Waals surface area contributed by atoms with Gasteiger partial charge in [0.15, 0.2) is 0 Å². The number of hydrogen-bond donors (Lipinski definition) is 1. The van der Waals surface area contributed by atoms with Gasteiger partial charge < -0.3 is 4.74 Å². The van der Waals surface area contributed by atoms with Crippen LogP contribution in [-0.2, 0) is 9.53 Å². The normalized spacial score (nSPS) is 28.8. The third-order valence-electron chi connectivity index (χ3n) is 2.73. The smallest absolute Gasteiger partial charge is 0.326 e. The molecule has 1 aliphatic rings. The van der Waals surface area contributed by atoms with Crippen LogP contribution in [0.4, 0.5) is 0 Å². The van der Waals surface area contributed by atoms with E-state index in [-0.39, 0.29) is 5.97 Å². The van der Waals surface area contributed by atoms with Gasteiger partial charge in [0.25, 0.3) is 0 Å². The minimum absolute atomic E-state index is 0.109. The molecule has 1 rings (SSSR count). The number of rotatable bonds is 4. The minimum atomic E-state index is -0.422. The molecule has 2 atom stereocenters. The van der Waals surface area contributed by atoms with E-state index in [1.807, 2.05) is 11.8 Å². The van der Waals surface area contributed by atoms with E-state index >= 15 is 0 Å². The fourth-order valence-corrected chi connectivity index (χ4v) is 3.00. The summed E-state index contributed by atoms with van der Waals surface area (Å²) in [5.41, 5.74) is -0.422. The number of nitrogens with one attached hydrogen (secondary N) is 1. The predicted molar refractivity (Wildman–Crippen MR) is 59.6 cm³/mol. The van der Waals surface area contributed by atoms with Crippen LogP contribution in [0.2, 0.25) is 0 Å². The largest absolute Gasteiger partial charge is 0.468 e. The number of carbonyl (C=O) groups is 1. The fraction of sp³-hybridized carbons (Fsp3) is 0.900. The highest BCUT2D eigenvalue weighted by Crippen LogP contribution is 2.29. The maximum atomic E-state index is 11.7. The average Bonchev–Trinajstić information content (AvgIpc) is 2.66. The Bertz CT molecular complexity index is 202. The molecule has 0 saturated carbocycles. The van der Waals surface area contributed by atoms with E-state index in [4.69, 9.17) is 4.74 Å². The molecule has 4 heteroatoms. The summed E-state index contributed by atoms with van der Waals surface area (Å²) in [4.78, 5) is 11.7. The number of thioether (sulfide) groups is 1. The lowest BCUT2D eigenvalue weighted by Crippen LogP contribution is -2.56. The van der Waals surface area contributed by atoms with Crippen LogP contribution in [-0.4, -0.2) is 36.2 Å². The summed E-state index contributed by atoms with van der Waals surface area (Å²) in [7, 11) is 1.46. The van der Waals surface area contributed by atoms with Crippen molar-refractivity contribution in [3.05, 3.63) is 0 Å². The van der Waals surface area contributed by atoms with Gasteiger partial charge in [0.1, 0.15) is 5.54 Å². The van der Waals surface area contributed by atoms with Crippen LogP contribution in [0.3, 0.4) is 0 Å². The molecule has 2 unspecified atom stereocenters. The molecule has 0 spiro atoms. The van der Waals surface area contributed by atoms with E-state index in [0.717, 1.165) is 24.3 Å². The standard InChI is InChI=1S/C10H19NO2S/c1-4-8(2)11-10(9(12)13-3)5-6-14-7-10/h8,11H,4-7H2,1-3H3. The van der Waals surface area contributed by atoms with Gasteiger partial charge in [-0.3, -0.25) is 10.1 Å². The van der Waals surface area contributed by atoms with E-state index in [1.165, 1.54) is 7.11 Å². The molecule has 0 aromatic rings. The highest BCUT2D eigenvalue weighted by atomic mass is 32.2. The summed E-state index contributed by atoms with van der Waals surface area (Å²) in [5.74, 6) is 1.77. The Hall–Kier alpha value is -0.220. The Morgan fingerprint density at radius 1 is 1.71 bits per heavy atom. The molecule has 1 heterocycles. The second-order valence-electron chi connectivity index (χ2n) is 3.83. The first-order valence-electron chi connectivity index (χ1n) is 5.08. The molecule has 1 aliphatic heterocycles. The zero-order chi connectivity index (χ0) is 10.6. The third-order valence-corrected chi connectivity index (χ3v) is 3.92. The second kappa shape index (κ2) is 5.03. The molecule has 0 aromatic heterocycles. The van der Waals surface area contributed by atoms with Crippen LogP contribution in [0.25, 0.3) is 0 Å². The molecule has 3 nitrogen and oxygen atoms in total. The molecule has 1 fully saturated rings. The van der Waals surface area contributed by atoms with Crippen molar-refractivity contribution in [2.75, 3.05) is 18.6 Å². The van der Waals surface area contributed by atoms with Crippen molar-refractivity contribution < 1.29 is 9.53 Å². The first kappa shape index (κ1) is 11.9. The second-order valence-corrected chi connectivity index (χ2v) is 4.94. The van der Waals surface area contributed by atoms with Crippen LogP contribution in [0.1, 0.15) is 26.7 Å². The lowest BCUT2D eigenvalue weighted by Gasteiger charge is -2.29. The van der Waals surface area contributed by atoms with Gasteiger partial charge in [-0.1, -0.05) is 6.92 Å². The van der Waals surface area contributed by atoms with E-state index in [2.05, 4.69) is 19.2 Å². The maximum absolute atomic E-state index is 11.7. The summed E-state index contributed by atoms with van der Waals surface area (Å²) >= 11 is 1.81. The summed E-state index contributed by atoms with van der Waals surface area (Å²) in [6.45, 7) is 4.22. The van der Waals surface area contributed by atoms with Gasteiger partial charge in [-0.15, -0.1) is 0 Å². The lowest BCUT2D eigenvalue weighted by atomic mass is 9.97. The quantitative estimate of drug-likeness (QED) is 0.723. The summed E-state index contributed by atoms with van der Waals surface area (Å²) in [5, 5.41) is 3.40. The Balaban J connectivity index is 2.66. The van der Waals surface area contributed by atoms with Gasteiger partial charge in [0.05, 0.1) is 7.11 Å². The Morgan fingerprint density at radius 3 is 2.86 bits per heavy atom. The fourth-order valence-electron chi connectivity index (χ4n) is 1.67. The molecular formula is C10H19NO2S. The molecule has 0 amide bonds. The average molecular weight is 217 g/mol. The van der Waals surface area contributed by atoms with Crippen LogP contribution in [0, 0.1) is 0 Å². The molecular weight excluding hydrogens is 198 g/mol. The van der Waals surface area contributed by atoms with Gasteiger partial charge >= 0.3 is 5.97 Å². The molecule has 0 bridgehead atoms. The van der Waals surface area contributed by atoms with Gasteiger partial charge in [-0.05, 0) is 25.5 Å². The summed E-state index contributed by atoms with van der Waals surface area (Å²) in [6.07, 6.45) is 1.91. The molecule has 14 heavy (non-hydrogen) atoms. The molecule has 82 valence electrons. The highest BCUT2D eigenvalue weighted by molar-refractivity contribution is 7.99. The Morgan fingerprint density at radius 2 is 2.43 bits per heavy atom. The Labute approximate surface area is 90.0 Å². The van der Waals surface area contributed by atoms with Gasteiger partial charge in [0.2, 0.25) is 0 Å². The molecule has 1 saturated heterocycles. The van der Waals surface area contributed by atoms with Crippen molar-refractivity contribution in [2.45, 2.75) is 38.3 Å². The van der Waals surface area contributed by atoms with Crippen molar-refractivity contribution in [3.63, 3.8) is 0 Å².